The molecule has 1 heterocycles. The Labute approximate surface area is 87.1 Å². The van der Waals surface area contributed by atoms with Crippen molar-refractivity contribution in [1.29, 1.82) is 0 Å². The van der Waals surface area contributed by atoms with Gasteiger partial charge in [-0.3, -0.25) is 0 Å². The molecule has 0 fully saturated rings. The third kappa shape index (κ3) is 1.82. The summed E-state index contributed by atoms with van der Waals surface area (Å²) in [6, 6.07) is 0. The average Bonchev–Trinajstić information content (AvgIpc) is 1.97. The Balaban J connectivity index is 3.70. The van der Waals surface area contributed by atoms with Crippen molar-refractivity contribution in [1.82, 2.24) is 4.98 Å². The molecule has 0 spiro atoms. The number of nitrogen functional groups attached to an aromatic ring is 1. The monoisotopic (exact) mass is 235 g/mol. The topological polar surface area (TPSA) is 99.1 Å². The first kappa shape index (κ1) is 11.2. The minimum atomic E-state index is -3.88. The number of hydrogen-bond donors (Lipinski definition) is 2. The highest BCUT2D eigenvalue weighted by Gasteiger charge is 2.20. The van der Waals surface area contributed by atoms with Gasteiger partial charge in [-0.2, -0.15) is 0 Å². The van der Waals surface area contributed by atoms with E-state index in [0.29, 0.717) is 11.3 Å². The summed E-state index contributed by atoms with van der Waals surface area (Å²) in [5, 5.41) is 5.24. The van der Waals surface area contributed by atoms with Crippen molar-refractivity contribution in [2.24, 2.45) is 5.14 Å². The van der Waals surface area contributed by atoms with Crippen LogP contribution in [0, 0.1) is 13.8 Å². The molecule has 1 aromatic rings. The lowest BCUT2D eigenvalue weighted by molar-refractivity contribution is 0.597. The number of aromatic nitrogens is 1. The summed E-state index contributed by atoms with van der Waals surface area (Å²) in [4.78, 5) is 3.59. The van der Waals surface area contributed by atoms with Gasteiger partial charge < -0.3 is 5.73 Å². The van der Waals surface area contributed by atoms with E-state index in [1.54, 1.807) is 6.92 Å². The highest BCUT2D eigenvalue weighted by Crippen LogP contribution is 2.28. The van der Waals surface area contributed by atoms with Gasteiger partial charge in [-0.05, 0) is 19.4 Å². The van der Waals surface area contributed by atoms with Crippen LogP contribution in [0.5, 0.6) is 0 Å². The fraction of sp³-hybridized carbons (Fsp3) is 0.286. The molecule has 0 amide bonds. The number of rotatable bonds is 1. The Morgan fingerprint density at radius 1 is 1.36 bits per heavy atom. The molecule has 0 atom stereocenters. The smallest absolute Gasteiger partial charge is 0.242 e. The van der Waals surface area contributed by atoms with Crippen LogP contribution in [0.15, 0.2) is 4.90 Å². The highest BCUT2D eigenvalue weighted by molar-refractivity contribution is 7.89. The largest absolute Gasteiger partial charge is 0.383 e. The summed E-state index contributed by atoms with van der Waals surface area (Å²) >= 11 is 5.82. The van der Waals surface area contributed by atoms with Gasteiger partial charge in [0, 0.05) is 0 Å². The predicted octanol–water partition coefficient (Wildman–Crippen LogP) is 0.581. The molecule has 1 rings (SSSR count). The van der Waals surface area contributed by atoms with E-state index in [9.17, 15) is 8.42 Å². The van der Waals surface area contributed by atoms with Crippen LogP contribution in [0.2, 0.25) is 5.02 Å². The molecule has 0 radical (unpaired) electrons. The number of nitrogens with two attached hydrogens (primary N) is 2. The normalized spacial score (nSPS) is 11.7. The van der Waals surface area contributed by atoms with E-state index in [4.69, 9.17) is 22.5 Å². The molecule has 0 aromatic carbocycles. The van der Waals surface area contributed by atoms with Crippen LogP contribution in [-0.2, 0) is 10.0 Å². The van der Waals surface area contributed by atoms with Crippen molar-refractivity contribution in [2.45, 2.75) is 18.7 Å². The molecular weight excluding hydrogens is 226 g/mol. The minimum absolute atomic E-state index is 0.119. The molecule has 14 heavy (non-hydrogen) atoms. The van der Waals surface area contributed by atoms with Crippen molar-refractivity contribution >= 4 is 27.4 Å². The quantitative estimate of drug-likeness (QED) is 0.744. The molecule has 0 aliphatic heterocycles. The summed E-state index contributed by atoms with van der Waals surface area (Å²) in [5.74, 6) is -0.119. The number of nitrogens with zero attached hydrogens (tertiary/aromatic N) is 1. The highest BCUT2D eigenvalue weighted by atomic mass is 35.5. The number of primary sulfonamides is 1. The molecule has 0 saturated carbocycles. The van der Waals surface area contributed by atoms with E-state index in [-0.39, 0.29) is 15.7 Å². The Kier molecular flexibility index (Phi) is 2.71. The number of sulfonamides is 1. The van der Waals surface area contributed by atoms with Gasteiger partial charge in [0.15, 0.2) is 0 Å². The summed E-state index contributed by atoms with van der Waals surface area (Å²) in [6.07, 6.45) is 0. The molecule has 5 nitrogen and oxygen atoms in total. The molecule has 0 aliphatic rings. The van der Waals surface area contributed by atoms with Crippen molar-refractivity contribution in [3.63, 3.8) is 0 Å². The van der Waals surface area contributed by atoms with Crippen LogP contribution in [0.4, 0.5) is 5.82 Å². The zero-order valence-corrected chi connectivity index (χ0v) is 9.28. The molecule has 78 valence electrons. The van der Waals surface area contributed by atoms with Crippen LogP contribution >= 0.6 is 11.6 Å². The van der Waals surface area contributed by atoms with E-state index >= 15 is 0 Å². The minimum Gasteiger partial charge on any atom is -0.383 e. The van der Waals surface area contributed by atoms with Crippen LogP contribution in [0.25, 0.3) is 0 Å². The van der Waals surface area contributed by atoms with Gasteiger partial charge in [-0.15, -0.1) is 0 Å². The lowest BCUT2D eigenvalue weighted by Crippen LogP contribution is -2.17. The lowest BCUT2D eigenvalue weighted by Gasteiger charge is -2.09. The first-order valence-electron chi connectivity index (χ1n) is 3.70. The number of halogens is 1. The Morgan fingerprint density at radius 3 is 2.29 bits per heavy atom. The van der Waals surface area contributed by atoms with Crippen molar-refractivity contribution in [2.75, 3.05) is 5.73 Å². The molecule has 0 bridgehead atoms. The van der Waals surface area contributed by atoms with Crippen molar-refractivity contribution in [3.8, 4) is 0 Å². The van der Waals surface area contributed by atoms with Crippen LogP contribution in [0.1, 0.15) is 11.3 Å². The van der Waals surface area contributed by atoms with Crippen molar-refractivity contribution in [3.05, 3.63) is 16.3 Å². The van der Waals surface area contributed by atoms with Crippen LogP contribution in [0.3, 0.4) is 0 Å². The van der Waals surface area contributed by atoms with E-state index in [1.807, 2.05) is 0 Å². The Hall–Kier alpha value is -0.850. The maximum Gasteiger partial charge on any atom is 0.242 e. The molecule has 7 heteroatoms. The summed E-state index contributed by atoms with van der Waals surface area (Å²) < 4.78 is 22.3. The van der Waals surface area contributed by atoms with Gasteiger partial charge in [0.05, 0.1) is 10.7 Å². The fourth-order valence-electron chi connectivity index (χ4n) is 1.20. The number of pyridine rings is 1. The van der Waals surface area contributed by atoms with E-state index in [0.717, 1.165) is 0 Å². The lowest BCUT2D eigenvalue weighted by atomic mass is 10.2. The predicted molar refractivity (Wildman–Crippen MR) is 54.5 cm³/mol. The first-order chi connectivity index (χ1) is 6.25. The fourth-order valence-corrected chi connectivity index (χ4v) is 2.26. The van der Waals surface area contributed by atoms with Gasteiger partial charge in [-0.25, -0.2) is 18.5 Å². The Morgan fingerprint density at radius 2 is 1.86 bits per heavy atom. The van der Waals surface area contributed by atoms with Crippen molar-refractivity contribution < 1.29 is 8.42 Å². The summed E-state index contributed by atoms with van der Waals surface area (Å²) in [7, 11) is -3.88. The molecule has 0 aliphatic carbocycles. The van der Waals surface area contributed by atoms with Gasteiger partial charge in [0.2, 0.25) is 10.0 Å². The van der Waals surface area contributed by atoms with E-state index in [1.165, 1.54) is 6.92 Å². The number of anilines is 1. The molecule has 4 N–H and O–H groups in total. The summed E-state index contributed by atoms with van der Waals surface area (Å²) in [6.45, 7) is 3.17. The Bertz CT molecular complexity index is 484. The third-order valence-electron chi connectivity index (χ3n) is 1.79. The van der Waals surface area contributed by atoms with E-state index < -0.39 is 10.0 Å². The van der Waals surface area contributed by atoms with Gasteiger partial charge >= 0.3 is 0 Å². The molecule has 0 unspecified atom stereocenters. The molecule has 1 aromatic heterocycles. The molecule has 0 saturated heterocycles. The third-order valence-corrected chi connectivity index (χ3v) is 3.43. The first-order valence-corrected chi connectivity index (χ1v) is 5.62. The second-order valence-electron chi connectivity index (χ2n) is 2.90. The molecular formula is C7H10ClN3O2S. The van der Waals surface area contributed by atoms with Gasteiger partial charge in [0.25, 0.3) is 0 Å². The SMILES string of the molecule is Cc1nc(N)c(S(N)(=O)=O)c(C)c1Cl. The van der Waals surface area contributed by atoms with Gasteiger partial charge in [-0.1, -0.05) is 11.6 Å². The second kappa shape index (κ2) is 3.38. The van der Waals surface area contributed by atoms with Gasteiger partial charge in [0.1, 0.15) is 10.7 Å². The van der Waals surface area contributed by atoms with Crippen LogP contribution < -0.4 is 10.9 Å². The zero-order valence-electron chi connectivity index (χ0n) is 7.70. The number of aryl methyl sites for hydroxylation is 1. The zero-order chi connectivity index (χ0) is 11.1. The maximum atomic E-state index is 11.1. The second-order valence-corrected chi connectivity index (χ2v) is 4.77. The van der Waals surface area contributed by atoms with E-state index in [2.05, 4.69) is 4.98 Å². The van der Waals surface area contributed by atoms with Crippen LogP contribution in [-0.4, -0.2) is 13.4 Å². The number of hydrogen-bond acceptors (Lipinski definition) is 4. The maximum absolute atomic E-state index is 11.1. The standard InChI is InChI=1S/C7H10ClN3O2S/c1-3-5(8)4(2)11-7(9)6(3)14(10,12)13/h1-2H3,(H2,9,11)(H2,10,12,13). The average molecular weight is 236 g/mol. The summed E-state index contributed by atoms with van der Waals surface area (Å²) in [5.41, 5.74) is 6.26.